The van der Waals surface area contributed by atoms with Crippen molar-refractivity contribution in [2.75, 3.05) is 43.4 Å². The van der Waals surface area contributed by atoms with Gasteiger partial charge in [0.1, 0.15) is 6.61 Å². The average molecular weight is 554 g/mol. The molecule has 0 bridgehead atoms. The first kappa shape index (κ1) is 28.4. The van der Waals surface area contributed by atoms with Crippen LogP contribution in [-0.4, -0.2) is 73.4 Å². The third-order valence-corrected chi connectivity index (χ3v) is 8.47. The Hall–Kier alpha value is -3.61. The number of nitrogens with one attached hydrogen (secondary N) is 1. The van der Waals surface area contributed by atoms with Crippen LogP contribution in [-0.2, 0) is 21.2 Å². The second kappa shape index (κ2) is 12.5. The number of pyridine rings is 1. The summed E-state index contributed by atoms with van der Waals surface area (Å²) >= 11 is 0. The Labute approximate surface area is 229 Å². The van der Waals surface area contributed by atoms with Crippen LogP contribution in [0, 0.1) is 5.92 Å². The number of benzene rings is 1. The molecule has 1 amide bonds. The van der Waals surface area contributed by atoms with Crippen LogP contribution in [0.4, 0.5) is 11.5 Å². The highest BCUT2D eigenvalue weighted by Gasteiger charge is 2.27. The number of piperazine rings is 1. The number of anilines is 2. The number of sulfone groups is 1. The molecule has 1 fully saturated rings. The fourth-order valence-corrected chi connectivity index (χ4v) is 5.22. The largest absolute Gasteiger partial charge is 0.470 e. The lowest BCUT2D eigenvalue weighted by molar-refractivity contribution is -0.118. The molecule has 3 aromatic rings. The van der Waals surface area contributed by atoms with E-state index in [2.05, 4.69) is 25.2 Å². The van der Waals surface area contributed by atoms with Gasteiger partial charge >= 0.3 is 0 Å². The van der Waals surface area contributed by atoms with Gasteiger partial charge in [-0.2, -0.15) is 4.98 Å². The summed E-state index contributed by atoms with van der Waals surface area (Å²) in [5.74, 6) is 0.233. The van der Waals surface area contributed by atoms with E-state index < -0.39 is 15.9 Å². The molecule has 2 aromatic heterocycles. The normalized spacial score (nSPS) is 15.9. The van der Waals surface area contributed by atoms with Gasteiger partial charge in [0.2, 0.25) is 15.7 Å². The van der Waals surface area contributed by atoms with Crippen LogP contribution in [0.5, 0.6) is 5.88 Å². The van der Waals surface area contributed by atoms with Gasteiger partial charge in [0, 0.05) is 49.8 Å². The molecule has 11 nitrogen and oxygen atoms in total. The van der Waals surface area contributed by atoms with Crippen LogP contribution in [0.3, 0.4) is 0 Å². The fourth-order valence-electron chi connectivity index (χ4n) is 4.05. The van der Waals surface area contributed by atoms with Gasteiger partial charge in [-0.1, -0.05) is 32.4 Å². The number of nitrogens with zero attached hydrogens (tertiary/aromatic N) is 5. The number of likely N-dealkylation sites (N-methyl/N-ethyl adjacent to an activating group) is 1. The first-order valence-corrected chi connectivity index (χ1v) is 14.4. The van der Waals surface area contributed by atoms with Crippen molar-refractivity contribution < 1.29 is 17.9 Å². The van der Waals surface area contributed by atoms with Gasteiger partial charge in [-0.3, -0.25) is 9.78 Å². The molecule has 1 aliphatic heterocycles. The molecule has 2 unspecified atom stereocenters. The van der Waals surface area contributed by atoms with Crippen LogP contribution in [0.1, 0.15) is 25.8 Å². The Morgan fingerprint density at radius 3 is 2.62 bits per heavy atom. The van der Waals surface area contributed by atoms with E-state index in [0.717, 1.165) is 25.1 Å². The molecule has 3 heterocycles. The lowest BCUT2D eigenvalue weighted by Gasteiger charge is -2.33. The first-order chi connectivity index (χ1) is 18.7. The smallest absolute Gasteiger partial charge is 0.259 e. The number of carbonyl (C=O) groups excluding carboxylic acids is 1. The Bertz CT molecular complexity index is 1380. The van der Waals surface area contributed by atoms with Gasteiger partial charge in [-0.15, -0.1) is 0 Å². The molecular formula is C27H35N7O4S. The summed E-state index contributed by atoms with van der Waals surface area (Å²) < 4.78 is 33.2. The molecule has 2 atom stereocenters. The highest BCUT2D eigenvalue weighted by atomic mass is 32.2. The van der Waals surface area contributed by atoms with Gasteiger partial charge in [-0.05, 0) is 37.2 Å². The molecule has 1 aliphatic rings. The molecule has 208 valence electrons. The van der Waals surface area contributed by atoms with Crippen molar-refractivity contribution in [1.82, 2.24) is 19.9 Å². The van der Waals surface area contributed by atoms with Crippen molar-refractivity contribution in [3.05, 3.63) is 60.6 Å². The molecule has 1 aromatic carbocycles. The van der Waals surface area contributed by atoms with E-state index in [4.69, 9.17) is 10.5 Å². The van der Waals surface area contributed by atoms with Gasteiger partial charge in [-0.25, -0.2) is 13.4 Å². The number of ether oxygens (including phenoxy) is 1. The number of carbonyl (C=O) groups is 1. The standard InChI is InChI=1S/C27H35N7O4S/c1-4-19(2)24(28)26(35)31-21-8-5-9-22(15-21)39(36,37)23-17-30-25(34-13-11-33(3)12-14-34)27(32-23)38-18-20-7-6-10-29-16-20/h5-10,15-17,19,24H,4,11-14,18,28H2,1-3H3,(H,31,35). The van der Waals surface area contributed by atoms with Crippen molar-refractivity contribution in [3.63, 3.8) is 0 Å². The number of hydrogen-bond donors (Lipinski definition) is 2. The van der Waals surface area contributed by atoms with Gasteiger partial charge < -0.3 is 25.6 Å². The Morgan fingerprint density at radius 2 is 1.92 bits per heavy atom. The minimum Gasteiger partial charge on any atom is -0.470 e. The van der Waals surface area contributed by atoms with Crippen molar-refractivity contribution in [2.45, 2.75) is 42.8 Å². The van der Waals surface area contributed by atoms with Crippen LogP contribution in [0.15, 0.2) is 64.9 Å². The highest BCUT2D eigenvalue weighted by Crippen LogP contribution is 2.29. The summed E-state index contributed by atoms with van der Waals surface area (Å²) in [7, 11) is -2.03. The highest BCUT2D eigenvalue weighted by molar-refractivity contribution is 7.91. The number of nitrogens with two attached hydrogens (primary N) is 1. The SMILES string of the molecule is CCC(C)C(N)C(=O)Nc1cccc(S(=O)(=O)c2cnc(N3CCN(C)CC3)c(OCc3cccnc3)n2)c1. The topological polar surface area (TPSA) is 144 Å². The summed E-state index contributed by atoms with van der Waals surface area (Å²) in [6, 6.07) is 8.98. The molecule has 0 radical (unpaired) electrons. The number of hydrogen-bond acceptors (Lipinski definition) is 10. The maximum Gasteiger partial charge on any atom is 0.259 e. The number of aromatic nitrogens is 3. The summed E-state index contributed by atoms with van der Waals surface area (Å²) in [5.41, 5.74) is 7.18. The van der Waals surface area contributed by atoms with Gasteiger partial charge in [0.25, 0.3) is 5.88 Å². The summed E-state index contributed by atoms with van der Waals surface area (Å²) in [6.07, 6.45) is 5.35. The lowest BCUT2D eigenvalue weighted by atomic mass is 9.99. The van der Waals surface area contributed by atoms with Crippen molar-refractivity contribution in [3.8, 4) is 5.88 Å². The lowest BCUT2D eigenvalue weighted by Crippen LogP contribution is -2.45. The quantitative estimate of drug-likeness (QED) is 0.384. The first-order valence-electron chi connectivity index (χ1n) is 12.9. The third-order valence-electron chi connectivity index (χ3n) is 6.85. The molecule has 0 saturated carbocycles. The summed E-state index contributed by atoms with van der Waals surface area (Å²) in [6.45, 7) is 7.10. The van der Waals surface area contributed by atoms with E-state index in [-0.39, 0.29) is 34.2 Å². The predicted octanol–water partition coefficient (Wildman–Crippen LogP) is 2.35. The second-order valence-corrected chi connectivity index (χ2v) is 11.6. The fraction of sp³-hybridized carbons (Fsp3) is 0.407. The monoisotopic (exact) mass is 553 g/mol. The van der Waals surface area contributed by atoms with E-state index in [1.165, 1.54) is 18.3 Å². The van der Waals surface area contributed by atoms with E-state index in [1.54, 1.807) is 30.6 Å². The maximum absolute atomic E-state index is 13.6. The Kier molecular flexibility index (Phi) is 9.10. The van der Waals surface area contributed by atoms with Crippen LogP contribution < -0.4 is 20.7 Å². The third kappa shape index (κ3) is 6.88. The molecular weight excluding hydrogens is 518 g/mol. The average Bonchev–Trinajstić information content (AvgIpc) is 2.96. The second-order valence-electron chi connectivity index (χ2n) is 9.71. The minimum absolute atomic E-state index is 0.0175. The molecule has 0 aliphatic carbocycles. The van der Waals surface area contributed by atoms with E-state index in [1.807, 2.05) is 31.9 Å². The molecule has 4 rings (SSSR count). The van der Waals surface area contributed by atoms with E-state index >= 15 is 0 Å². The summed E-state index contributed by atoms with van der Waals surface area (Å²) in [5, 5.41) is 2.47. The summed E-state index contributed by atoms with van der Waals surface area (Å²) in [4.78, 5) is 29.8. The van der Waals surface area contributed by atoms with Crippen molar-refractivity contribution in [2.24, 2.45) is 11.7 Å². The molecule has 39 heavy (non-hydrogen) atoms. The number of rotatable bonds is 10. The molecule has 3 N–H and O–H groups in total. The van der Waals surface area contributed by atoms with Crippen molar-refractivity contribution >= 4 is 27.2 Å². The zero-order valence-electron chi connectivity index (χ0n) is 22.4. The van der Waals surface area contributed by atoms with E-state index in [9.17, 15) is 13.2 Å². The zero-order chi connectivity index (χ0) is 28.0. The molecule has 1 saturated heterocycles. The Morgan fingerprint density at radius 1 is 1.15 bits per heavy atom. The molecule has 0 spiro atoms. The van der Waals surface area contributed by atoms with Gasteiger partial charge in [0.05, 0.1) is 17.1 Å². The zero-order valence-corrected chi connectivity index (χ0v) is 23.3. The van der Waals surface area contributed by atoms with Crippen LogP contribution in [0.2, 0.25) is 0 Å². The Balaban J connectivity index is 1.62. The molecule has 12 heteroatoms. The maximum atomic E-state index is 13.6. The van der Waals surface area contributed by atoms with E-state index in [0.29, 0.717) is 24.6 Å². The predicted molar refractivity (Wildman–Crippen MR) is 148 cm³/mol. The van der Waals surface area contributed by atoms with Crippen LogP contribution in [0.25, 0.3) is 0 Å². The van der Waals surface area contributed by atoms with Crippen LogP contribution >= 0.6 is 0 Å². The number of amides is 1. The van der Waals surface area contributed by atoms with Crippen molar-refractivity contribution in [1.29, 1.82) is 0 Å². The minimum atomic E-state index is -4.08. The van der Waals surface area contributed by atoms with Gasteiger partial charge in [0.15, 0.2) is 10.8 Å².